The number of hydrogen-bond donors (Lipinski definition) is 2. The van der Waals surface area contributed by atoms with Crippen LogP contribution in [-0.4, -0.2) is 31.1 Å². The van der Waals surface area contributed by atoms with Crippen molar-refractivity contribution in [1.82, 2.24) is 5.32 Å². The van der Waals surface area contributed by atoms with E-state index in [1.54, 1.807) is 0 Å². The summed E-state index contributed by atoms with van der Waals surface area (Å²) < 4.78 is 4.65. The van der Waals surface area contributed by atoms with E-state index in [-0.39, 0.29) is 24.0 Å². The van der Waals surface area contributed by atoms with Crippen molar-refractivity contribution in [1.29, 1.82) is 0 Å². The highest BCUT2D eigenvalue weighted by Gasteiger charge is 2.18. The number of nitrogens with two attached hydrogens (primary N) is 1. The second-order valence-electron chi connectivity index (χ2n) is 4.84. The molecule has 0 unspecified atom stereocenters. The highest BCUT2D eigenvalue weighted by molar-refractivity contribution is 5.79. The average Bonchev–Trinajstić information content (AvgIpc) is 2.40. The lowest BCUT2D eigenvalue weighted by molar-refractivity contribution is -0.140. The maximum absolute atomic E-state index is 11.3. The molecule has 5 heteroatoms. The van der Waals surface area contributed by atoms with Crippen molar-refractivity contribution in [3.8, 4) is 0 Å². The van der Waals surface area contributed by atoms with Gasteiger partial charge in [-0.2, -0.15) is 0 Å². The van der Waals surface area contributed by atoms with E-state index in [1.807, 2.05) is 6.92 Å². The number of amides is 1. The van der Waals surface area contributed by atoms with Gasteiger partial charge in [0, 0.05) is 12.5 Å². The molecule has 0 aromatic rings. The fraction of sp³-hybridized carbons (Fsp3) is 0.857. The summed E-state index contributed by atoms with van der Waals surface area (Å²) >= 11 is 0. The number of ether oxygens (including phenoxy) is 1. The van der Waals surface area contributed by atoms with Gasteiger partial charge >= 0.3 is 5.97 Å². The van der Waals surface area contributed by atoms with Crippen molar-refractivity contribution in [3.05, 3.63) is 0 Å². The van der Waals surface area contributed by atoms with E-state index in [0.717, 1.165) is 25.7 Å². The Hall–Kier alpha value is -1.10. The summed E-state index contributed by atoms with van der Waals surface area (Å²) in [5, 5.41) is 3.26. The maximum Gasteiger partial charge on any atom is 0.305 e. The maximum atomic E-state index is 11.3. The van der Waals surface area contributed by atoms with E-state index in [9.17, 15) is 9.59 Å². The van der Waals surface area contributed by atoms with Crippen molar-refractivity contribution in [3.63, 3.8) is 0 Å². The molecule has 0 fully saturated rings. The standard InChI is InChI=1S/C14H28N2O3/c1-4-6-7-8-11(9-10-13(17)19-3)16-12(5-2)14(15)18/h11-12,16H,4-10H2,1-3H3,(H2,15,18)/t11-,12-/m1/s1. The monoisotopic (exact) mass is 272 g/mol. The molecular formula is C14H28N2O3. The lowest BCUT2D eigenvalue weighted by atomic mass is 10.0. The molecule has 0 aromatic carbocycles. The van der Waals surface area contributed by atoms with Gasteiger partial charge in [-0.25, -0.2) is 0 Å². The molecule has 0 aromatic heterocycles. The SMILES string of the molecule is CCCCC[C@H](CCC(=O)OC)N[C@H](CC)C(N)=O. The normalized spacial score (nSPS) is 13.8. The predicted molar refractivity (Wildman–Crippen MR) is 75.6 cm³/mol. The van der Waals surface area contributed by atoms with Gasteiger partial charge in [0.05, 0.1) is 13.2 Å². The molecule has 112 valence electrons. The van der Waals surface area contributed by atoms with Crippen molar-refractivity contribution in [2.24, 2.45) is 5.73 Å². The molecule has 3 N–H and O–H groups in total. The van der Waals surface area contributed by atoms with E-state index in [0.29, 0.717) is 19.3 Å². The Balaban J connectivity index is 4.30. The topological polar surface area (TPSA) is 81.4 Å². The summed E-state index contributed by atoms with van der Waals surface area (Å²) in [6.45, 7) is 4.07. The van der Waals surface area contributed by atoms with E-state index in [2.05, 4.69) is 17.0 Å². The van der Waals surface area contributed by atoms with E-state index >= 15 is 0 Å². The third-order valence-corrected chi connectivity index (χ3v) is 3.27. The Morgan fingerprint density at radius 3 is 2.37 bits per heavy atom. The molecule has 1 amide bonds. The van der Waals surface area contributed by atoms with Crippen LogP contribution in [0.1, 0.15) is 58.8 Å². The first kappa shape index (κ1) is 17.9. The van der Waals surface area contributed by atoms with E-state index in [1.165, 1.54) is 7.11 Å². The van der Waals surface area contributed by atoms with Crippen molar-refractivity contribution >= 4 is 11.9 Å². The third-order valence-electron chi connectivity index (χ3n) is 3.27. The fourth-order valence-corrected chi connectivity index (χ4v) is 2.03. The van der Waals surface area contributed by atoms with Gasteiger partial charge in [-0.1, -0.05) is 33.1 Å². The van der Waals surface area contributed by atoms with Crippen molar-refractivity contribution in [2.75, 3.05) is 7.11 Å². The summed E-state index contributed by atoms with van der Waals surface area (Å²) in [7, 11) is 1.39. The van der Waals surface area contributed by atoms with Gasteiger partial charge in [-0.05, 0) is 19.3 Å². The third kappa shape index (κ3) is 8.59. The first-order valence-electron chi connectivity index (χ1n) is 7.17. The first-order chi connectivity index (χ1) is 9.04. The minimum absolute atomic E-state index is 0.142. The summed E-state index contributed by atoms with van der Waals surface area (Å²) in [5.74, 6) is -0.546. The predicted octanol–water partition coefficient (Wildman–Crippen LogP) is 1.74. The van der Waals surface area contributed by atoms with Crippen molar-refractivity contribution < 1.29 is 14.3 Å². The van der Waals surface area contributed by atoms with Gasteiger partial charge in [0.1, 0.15) is 0 Å². The van der Waals surface area contributed by atoms with Gasteiger partial charge in [-0.15, -0.1) is 0 Å². The lowest BCUT2D eigenvalue weighted by Crippen LogP contribution is -2.46. The number of hydrogen-bond acceptors (Lipinski definition) is 4. The molecule has 0 saturated heterocycles. The number of nitrogens with one attached hydrogen (secondary N) is 1. The molecule has 0 heterocycles. The Morgan fingerprint density at radius 1 is 1.21 bits per heavy atom. The quantitative estimate of drug-likeness (QED) is 0.443. The minimum Gasteiger partial charge on any atom is -0.469 e. The Bertz CT molecular complexity index is 269. The zero-order valence-corrected chi connectivity index (χ0v) is 12.4. The summed E-state index contributed by atoms with van der Waals surface area (Å²) in [5.41, 5.74) is 5.34. The van der Waals surface area contributed by atoms with Crippen LogP contribution >= 0.6 is 0 Å². The molecule has 0 radical (unpaired) electrons. The zero-order chi connectivity index (χ0) is 14.7. The van der Waals surface area contributed by atoms with Crippen LogP contribution in [0.25, 0.3) is 0 Å². The smallest absolute Gasteiger partial charge is 0.305 e. The second-order valence-corrected chi connectivity index (χ2v) is 4.84. The van der Waals surface area contributed by atoms with Crippen LogP contribution in [0.2, 0.25) is 0 Å². The molecule has 19 heavy (non-hydrogen) atoms. The highest BCUT2D eigenvalue weighted by Crippen LogP contribution is 2.11. The molecule has 0 aliphatic heterocycles. The van der Waals surface area contributed by atoms with Crippen LogP contribution in [-0.2, 0) is 14.3 Å². The van der Waals surface area contributed by atoms with Crippen LogP contribution in [0.15, 0.2) is 0 Å². The number of carbonyl (C=O) groups is 2. The lowest BCUT2D eigenvalue weighted by Gasteiger charge is -2.23. The van der Waals surface area contributed by atoms with Crippen LogP contribution < -0.4 is 11.1 Å². The van der Waals surface area contributed by atoms with Gasteiger partial charge < -0.3 is 15.8 Å². The molecule has 0 aliphatic rings. The van der Waals surface area contributed by atoms with Crippen molar-refractivity contribution in [2.45, 2.75) is 70.9 Å². The van der Waals surface area contributed by atoms with Gasteiger partial charge in [-0.3, -0.25) is 9.59 Å². The van der Waals surface area contributed by atoms with Gasteiger partial charge in [0.15, 0.2) is 0 Å². The molecule has 0 spiro atoms. The van der Waals surface area contributed by atoms with E-state index < -0.39 is 0 Å². The number of unbranched alkanes of at least 4 members (excludes halogenated alkanes) is 2. The van der Waals surface area contributed by atoms with Crippen LogP contribution in [0, 0.1) is 0 Å². The van der Waals surface area contributed by atoms with Crippen LogP contribution in [0.3, 0.4) is 0 Å². The summed E-state index contributed by atoms with van der Waals surface area (Å²) in [4.78, 5) is 22.5. The molecule has 0 saturated carbocycles. The fourth-order valence-electron chi connectivity index (χ4n) is 2.03. The van der Waals surface area contributed by atoms with Gasteiger partial charge in [0.2, 0.25) is 5.91 Å². The number of esters is 1. The first-order valence-corrected chi connectivity index (χ1v) is 7.17. The molecule has 0 rings (SSSR count). The molecule has 5 nitrogen and oxygen atoms in total. The number of methoxy groups -OCH3 is 1. The molecule has 0 bridgehead atoms. The minimum atomic E-state index is -0.332. The molecule has 2 atom stereocenters. The Kier molecular flexibility index (Phi) is 10.2. The number of carbonyl (C=O) groups excluding carboxylic acids is 2. The largest absolute Gasteiger partial charge is 0.469 e. The second kappa shape index (κ2) is 10.8. The molecule has 0 aliphatic carbocycles. The Labute approximate surface area is 116 Å². The summed E-state index contributed by atoms with van der Waals surface area (Å²) in [6, 6.07) is -0.174. The average molecular weight is 272 g/mol. The van der Waals surface area contributed by atoms with E-state index in [4.69, 9.17) is 5.73 Å². The van der Waals surface area contributed by atoms with Crippen LogP contribution in [0.4, 0.5) is 0 Å². The summed E-state index contributed by atoms with van der Waals surface area (Å²) in [6.07, 6.45) is 6.06. The van der Waals surface area contributed by atoms with Crippen LogP contribution in [0.5, 0.6) is 0 Å². The number of rotatable bonds is 11. The molecular weight excluding hydrogens is 244 g/mol. The number of primary amides is 1. The Morgan fingerprint density at radius 2 is 1.89 bits per heavy atom. The zero-order valence-electron chi connectivity index (χ0n) is 12.4. The highest BCUT2D eigenvalue weighted by atomic mass is 16.5. The van der Waals surface area contributed by atoms with Gasteiger partial charge in [0.25, 0.3) is 0 Å².